The third-order valence-electron chi connectivity index (χ3n) is 3.35. The zero-order valence-electron chi connectivity index (χ0n) is 11.2. The summed E-state index contributed by atoms with van der Waals surface area (Å²) in [5.74, 6) is 0.965. The van der Waals surface area contributed by atoms with Gasteiger partial charge in [-0.2, -0.15) is 0 Å². The van der Waals surface area contributed by atoms with Crippen molar-refractivity contribution in [3.8, 4) is 0 Å². The number of nitrogens with zero attached hydrogens (tertiary/aromatic N) is 2. The van der Waals surface area contributed by atoms with Gasteiger partial charge >= 0.3 is 0 Å². The van der Waals surface area contributed by atoms with Crippen molar-refractivity contribution >= 4 is 29.9 Å². The predicted octanol–water partition coefficient (Wildman–Crippen LogP) is 2.99. The van der Waals surface area contributed by atoms with Gasteiger partial charge in [0, 0.05) is 18.7 Å². The molecule has 0 spiro atoms. The molecule has 5 heteroatoms. The lowest BCUT2D eigenvalue weighted by Gasteiger charge is -2.31. The number of likely N-dealkylation sites (tertiary alicyclic amines) is 1. The van der Waals surface area contributed by atoms with Crippen molar-refractivity contribution in [1.29, 1.82) is 0 Å². The normalized spacial score (nSPS) is 20.0. The highest BCUT2D eigenvalue weighted by molar-refractivity contribution is 14.0. The van der Waals surface area contributed by atoms with Gasteiger partial charge in [0.25, 0.3) is 0 Å². The van der Waals surface area contributed by atoms with Crippen molar-refractivity contribution in [1.82, 2.24) is 4.90 Å². The van der Waals surface area contributed by atoms with E-state index >= 15 is 0 Å². The minimum absolute atomic E-state index is 0. The quantitative estimate of drug-likeness (QED) is 0.489. The fraction of sp³-hybridized carbons (Fsp3) is 0.500. The van der Waals surface area contributed by atoms with Crippen LogP contribution in [0.3, 0.4) is 0 Å². The summed E-state index contributed by atoms with van der Waals surface area (Å²) in [6, 6.07) is 6.68. The molecule has 0 amide bonds. The van der Waals surface area contributed by atoms with Gasteiger partial charge in [-0.3, -0.25) is 0 Å². The Labute approximate surface area is 131 Å². The highest BCUT2D eigenvalue weighted by Crippen LogP contribution is 2.15. The summed E-state index contributed by atoms with van der Waals surface area (Å²) in [5.41, 5.74) is 6.55. The first-order chi connectivity index (χ1) is 8.66. The molecule has 0 aliphatic carbocycles. The Morgan fingerprint density at radius 2 is 2.21 bits per heavy atom. The van der Waals surface area contributed by atoms with Gasteiger partial charge in [-0.15, -0.1) is 24.0 Å². The molecular formula is C14H21FIN3. The number of benzene rings is 1. The van der Waals surface area contributed by atoms with E-state index in [0.717, 1.165) is 19.5 Å². The van der Waals surface area contributed by atoms with Crippen LogP contribution in [0, 0.1) is 11.7 Å². The summed E-state index contributed by atoms with van der Waals surface area (Å²) in [6.07, 6.45) is 2.40. The van der Waals surface area contributed by atoms with Gasteiger partial charge in [0.15, 0.2) is 5.96 Å². The van der Waals surface area contributed by atoms with Crippen LogP contribution in [-0.2, 0) is 6.54 Å². The van der Waals surface area contributed by atoms with Gasteiger partial charge in [0.2, 0.25) is 0 Å². The van der Waals surface area contributed by atoms with Crippen LogP contribution in [0.1, 0.15) is 25.3 Å². The fourth-order valence-electron chi connectivity index (χ4n) is 2.29. The first-order valence-electron chi connectivity index (χ1n) is 6.45. The molecule has 3 nitrogen and oxygen atoms in total. The van der Waals surface area contributed by atoms with Crippen molar-refractivity contribution in [2.75, 3.05) is 13.1 Å². The first kappa shape index (κ1) is 16.2. The molecule has 2 rings (SSSR count). The summed E-state index contributed by atoms with van der Waals surface area (Å²) in [7, 11) is 0. The van der Waals surface area contributed by atoms with Gasteiger partial charge < -0.3 is 10.6 Å². The number of halogens is 2. The summed E-state index contributed by atoms with van der Waals surface area (Å²) >= 11 is 0. The molecule has 0 aromatic heterocycles. The average Bonchev–Trinajstić information content (AvgIpc) is 2.37. The topological polar surface area (TPSA) is 41.6 Å². The number of guanidine groups is 1. The molecule has 1 fully saturated rings. The molecule has 1 aliphatic heterocycles. The van der Waals surface area contributed by atoms with E-state index in [4.69, 9.17) is 5.73 Å². The molecule has 1 aliphatic rings. The molecule has 1 aromatic rings. The first-order valence-corrected chi connectivity index (χ1v) is 6.45. The highest BCUT2D eigenvalue weighted by Gasteiger charge is 2.17. The second-order valence-electron chi connectivity index (χ2n) is 4.96. The molecule has 0 saturated carbocycles. The molecule has 2 N–H and O–H groups in total. The minimum atomic E-state index is -0.221. The Balaban J connectivity index is 0.00000180. The van der Waals surface area contributed by atoms with E-state index in [9.17, 15) is 4.39 Å². The number of nitrogens with two attached hydrogens (primary N) is 1. The molecule has 1 saturated heterocycles. The molecule has 1 aromatic carbocycles. The van der Waals surface area contributed by atoms with Crippen molar-refractivity contribution in [2.24, 2.45) is 16.6 Å². The molecular weight excluding hydrogens is 356 g/mol. The van der Waals surface area contributed by atoms with E-state index in [2.05, 4.69) is 16.8 Å². The van der Waals surface area contributed by atoms with Crippen LogP contribution in [0.2, 0.25) is 0 Å². The van der Waals surface area contributed by atoms with E-state index in [0.29, 0.717) is 24.0 Å². The molecule has 1 atom stereocenters. The average molecular weight is 377 g/mol. The van der Waals surface area contributed by atoms with Crippen molar-refractivity contribution < 1.29 is 4.39 Å². The Morgan fingerprint density at radius 3 is 2.89 bits per heavy atom. The van der Waals surface area contributed by atoms with E-state index in [-0.39, 0.29) is 29.8 Å². The number of rotatable bonds is 2. The molecule has 106 valence electrons. The van der Waals surface area contributed by atoms with E-state index in [1.54, 1.807) is 12.1 Å². The third kappa shape index (κ3) is 4.63. The monoisotopic (exact) mass is 377 g/mol. The lowest BCUT2D eigenvalue weighted by Crippen LogP contribution is -2.43. The van der Waals surface area contributed by atoms with Crippen LogP contribution >= 0.6 is 24.0 Å². The Morgan fingerprint density at radius 1 is 1.47 bits per heavy atom. The van der Waals surface area contributed by atoms with Crippen LogP contribution in [0.4, 0.5) is 4.39 Å². The zero-order valence-corrected chi connectivity index (χ0v) is 13.5. The fourth-order valence-corrected chi connectivity index (χ4v) is 2.29. The Bertz CT molecular complexity index is 436. The summed E-state index contributed by atoms with van der Waals surface area (Å²) in [6.45, 7) is 4.43. The van der Waals surface area contributed by atoms with Gasteiger partial charge in [-0.1, -0.05) is 25.1 Å². The predicted molar refractivity (Wildman–Crippen MR) is 87.1 cm³/mol. The van der Waals surface area contributed by atoms with Crippen molar-refractivity contribution in [2.45, 2.75) is 26.3 Å². The summed E-state index contributed by atoms with van der Waals surface area (Å²) in [4.78, 5) is 6.39. The standard InChI is InChI=1S/C14H20FN3.HI/c1-11-5-4-8-18(10-11)14(16)17-9-12-6-2-3-7-13(12)15;/h2-3,6-7,11H,4-5,8-10H2,1H3,(H2,16,17);1H. The summed E-state index contributed by atoms with van der Waals surface area (Å²) in [5, 5.41) is 0. The van der Waals surface area contributed by atoms with E-state index in [1.165, 1.54) is 12.5 Å². The van der Waals surface area contributed by atoms with Crippen LogP contribution in [0.25, 0.3) is 0 Å². The third-order valence-corrected chi connectivity index (χ3v) is 3.35. The number of aliphatic imine (C=N–C) groups is 1. The van der Waals surface area contributed by atoms with Gasteiger partial charge in [-0.25, -0.2) is 9.38 Å². The molecule has 1 unspecified atom stereocenters. The second-order valence-corrected chi connectivity index (χ2v) is 4.96. The molecule has 19 heavy (non-hydrogen) atoms. The Hall–Kier alpha value is -0.850. The SMILES string of the molecule is CC1CCCN(C(N)=NCc2ccccc2F)C1.I. The summed E-state index contributed by atoms with van der Waals surface area (Å²) < 4.78 is 13.4. The number of hydrogen-bond acceptors (Lipinski definition) is 1. The van der Waals surface area contributed by atoms with Crippen molar-refractivity contribution in [3.63, 3.8) is 0 Å². The van der Waals surface area contributed by atoms with Crippen molar-refractivity contribution in [3.05, 3.63) is 35.6 Å². The van der Waals surface area contributed by atoms with Gasteiger partial charge in [-0.05, 0) is 24.8 Å². The largest absolute Gasteiger partial charge is 0.370 e. The van der Waals surface area contributed by atoms with Crippen LogP contribution in [0.5, 0.6) is 0 Å². The highest BCUT2D eigenvalue weighted by atomic mass is 127. The number of piperidine rings is 1. The Kier molecular flexibility index (Phi) is 6.54. The van der Waals surface area contributed by atoms with Crippen LogP contribution in [0.15, 0.2) is 29.3 Å². The minimum Gasteiger partial charge on any atom is -0.370 e. The zero-order chi connectivity index (χ0) is 13.0. The number of hydrogen-bond donors (Lipinski definition) is 1. The molecule has 0 radical (unpaired) electrons. The van der Waals surface area contributed by atoms with Gasteiger partial charge in [0.05, 0.1) is 6.54 Å². The van der Waals surface area contributed by atoms with E-state index in [1.807, 2.05) is 6.07 Å². The second kappa shape index (κ2) is 7.67. The lowest BCUT2D eigenvalue weighted by molar-refractivity contribution is 0.270. The van der Waals surface area contributed by atoms with E-state index < -0.39 is 0 Å². The maximum Gasteiger partial charge on any atom is 0.191 e. The van der Waals surface area contributed by atoms with Crippen LogP contribution in [-0.4, -0.2) is 23.9 Å². The lowest BCUT2D eigenvalue weighted by atomic mass is 10.0. The molecule has 0 bridgehead atoms. The maximum absolute atomic E-state index is 13.4. The molecule has 1 heterocycles. The van der Waals surface area contributed by atoms with Crippen LogP contribution < -0.4 is 5.73 Å². The van der Waals surface area contributed by atoms with Gasteiger partial charge in [0.1, 0.15) is 5.82 Å². The maximum atomic E-state index is 13.4. The smallest absolute Gasteiger partial charge is 0.191 e.